The van der Waals surface area contributed by atoms with Crippen molar-refractivity contribution in [2.45, 2.75) is 11.4 Å². The van der Waals surface area contributed by atoms with Crippen LogP contribution in [0.15, 0.2) is 47.4 Å². The summed E-state index contributed by atoms with van der Waals surface area (Å²) in [7, 11) is -1.60. The van der Waals surface area contributed by atoms with E-state index in [1.807, 2.05) is 0 Å². The fraction of sp³-hybridized carbons (Fsp3) is 0.0714. The van der Waals surface area contributed by atoms with E-state index in [2.05, 4.69) is 4.72 Å². The molecule has 3 rings (SSSR count). The molecule has 0 aliphatic carbocycles. The van der Waals surface area contributed by atoms with Crippen molar-refractivity contribution in [3.63, 3.8) is 0 Å². The van der Waals surface area contributed by atoms with E-state index in [0.717, 1.165) is 0 Å². The number of anilines is 1. The summed E-state index contributed by atoms with van der Waals surface area (Å²) in [6.07, 6.45) is 0. The second-order valence-electron chi connectivity index (χ2n) is 4.43. The van der Waals surface area contributed by atoms with Gasteiger partial charge in [0.1, 0.15) is 5.82 Å². The number of hydrogen-bond donors (Lipinski definition) is 1. The minimum atomic E-state index is -1.60. The zero-order chi connectivity index (χ0) is 15.0. The topological polar surface area (TPSA) is 49.4 Å². The Kier molecular flexibility index (Phi) is 3.65. The first-order valence-corrected chi connectivity index (χ1v) is 7.62. The highest BCUT2D eigenvalue weighted by Gasteiger charge is 2.29. The van der Waals surface area contributed by atoms with Crippen LogP contribution in [0.4, 0.5) is 14.9 Å². The number of fused-ring (bicyclic) bond motifs is 1. The van der Waals surface area contributed by atoms with Crippen LogP contribution in [-0.2, 0) is 17.5 Å². The predicted octanol–water partition coefficient (Wildman–Crippen LogP) is 3.23. The Labute approximate surface area is 128 Å². The van der Waals surface area contributed by atoms with E-state index >= 15 is 0 Å². The van der Waals surface area contributed by atoms with Gasteiger partial charge in [-0.3, -0.25) is 9.62 Å². The third-order valence-electron chi connectivity index (χ3n) is 3.16. The van der Waals surface area contributed by atoms with Crippen LogP contribution in [0.5, 0.6) is 0 Å². The summed E-state index contributed by atoms with van der Waals surface area (Å²) in [6, 6.07) is 10.6. The summed E-state index contributed by atoms with van der Waals surface area (Å²) >= 11 is 5.99. The summed E-state index contributed by atoms with van der Waals surface area (Å²) in [5, 5.41) is 0.243. The van der Waals surface area contributed by atoms with Gasteiger partial charge in [0.05, 0.1) is 17.1 Å². The number of urea groups is 1. The van der Waals surface area contributed by atoms with Gasteiger partial charge in [0.15, 0.2) is 11.0 Å². The normalized spacial score (nSPS) is 17.3. The number of rotatable bonds is 2. The molecular weight excluding hydrogens is 315 g/mol. The molecule has 7 heteroatoms. The number of nitrogens with one attached hydrogen (secondary N) is 1. The third-order valence-corrected chi connectivity index (χ3v) is 4.62. The molecule has 1 heterocycles. The van der Waals surface area contributed by atoms with Gasteiger partial charge in [-0.1, -0.05) is 29.8 Å². The molecule has 0 aromatic heterocycles. The molecule has 0 fully saturated rings. The highest BCUT2D eigenvalue weighted by atomic mass is 35.5. The number of nitrogens with zero attached hydrogens (tertiary/aromatic N) is 1. The van der Waals surface area contributed by atoms with Gasteiger partial charge in [-0.2, -0.15) is 0 Å². The van der Waals surface area contributed by atoms with Crippen LogP contribution in [0, 0.1) is 5.82 Å². The molecule has 1 atom stereocenters. The summed E-state index contributed by atoms with van der Waals surface area (Å²) in [4.78, 5) is 13.8. The molecule has 2 amide bonds. The van der Waals surface area contributed by atoms with Gasteiger partial charge in [-0.25, -0.2) is 13.4 Å². The molecule has 108 valence electrons. The highest BCUT2D eigenvalue weighted by Crippen LogP contribution is 2.30. The Hall–Kier alpha value is -1.92. The van der Waals surface area contributed by atoms with Gasteiger partial charge < -0.3 is 0 Å². The van der Waals surface area contributed by atoms with Crippen LogP contribution in [-0.4, -0.2) is 10.2 Å². The summed E-state index contributed by atoms with van der Waals surface area (Å²) in [5.41, 5.74) is 0.704. The maximum absolute atomic E-state index is 13.9. The molecule has 0 saturated heterocycles. The molecular formula is C14H10ClFN2O2S. The van der Waals surface area contributed by atoms with Crippen molar-refractivity contribution >= 4 is 34.3 Å². The smallest absolute Gasteiger partial charge is 0.288 e. The monoisotopic (exact) mass is 324 g/mol. The molecule has 2 aromatic rings. The second-order valence-corrected chi connectivity index (χ2v) is 6.02. The van der Waals surface area contributed by atoms with Crippen LogP contribution in [0.25, 0.3) is 0 Å². The van der Waals surface area contributed by atoms with Gasteiger partial charge >= 0.3 is 6.03 Å². The average molecular weight is 325 g/mol. The first-order valence-electron chi connectivity index (χ1n) is 6.10. The van der Waals surface area contributed by atoms with Crippen molar-refractivity contribution in [3.8, 4) is 0 Å². The number of hydrogen-bond acceptors (Lipinski definition) is 2. The van der Waals surface area contributed by atoms with Crippen molar-refractivity contribution in [2.75, 3.05) is 4.90 Å². The van der Waals surface area contributed by atoms with Gasteiger partial charge in [0.2, 0.25) is 0 Å². The van der Waals surface area contributed by atoms with Crippen molar-refractivity contribution in [2.24, 2.45) is 0 Å². The quantitative estimate of drug-likeness (QED) is 0.922. The molecule has 1 unspecified atom stereocenters. The number of halogens is 2. The minimum Gasteiger partial charge on any atom is -0.288 e. The number of carbonyl (C=O) groups is 1. The Morgan fingerprint density at radius 3 is 2.71 bits per heavy atom. The fourth-order valence-corrected chi connectivity index (χ4v) is 3.31. The van der Waals surface area contributed by atoms with Crippen LogP contribution in [0.2, 0.25) is 5.02 Å². The lowest BCUT2D eigenvalue weighted by atomic mass is 10.2. The van der Waals surface area contributed by atoms with E-state index < -0.39 is 22.8 Å². The van der Waals surface area contributed by atoms with Crippen LogP contribution in [0.1, 0.15) is 5.56 Å². The first kappa shape index (κ1) is 14.0. The lowest BCUT2D eigenvalue weighted by Crippen LogP contribution is -2.45. The van der Waals surface area contributed by atoms with Gasteiger partial charge in [0.25, 0.3) is 0 Å². The number of carbonyl (C=O) groups excluding carboxylic acids is 1. The van der Waals surface area contributed by atoms with Crippen molar-refractivity contribution in [3.05, 3.63) is 58.9 Å². The van der Waals surface area contributed by atoms with Crippen LogP contribution < -0.4 is 9.62 Å². The van der Waals surface area contributed by atoms with Gasteiger partial charge in [0, 0.05) is 10.6 Å². The Morgan fingerprint density at radius 1 is 1.19 bits per heavy atom. The lowest BCUT2D eigenvalue weighted by Gasteiger charge is -2.29. The summed E-state index contributed by atoms with van der Waals surface area (Å²) < 4.78 is 28.1. The molecule has 0 bridgehead atoms. The Morgan fingerprint density at radius 2 is 1.95 bits per heavy atom. The SMILES string of the molecule is O=C1NS(=O)c2ccccc2N1Cc1c(F)cccc1Cl. The number of para-hydroxylation sites is 1. The Bertz CT molecular complexity index is 733. The molecule has 4 nitrogen and oxygen atoms in total. The summed E-state index contributed by atoms with van der Waals surface area (Å²) in [5.74, 6) is -0.487. The first-order chi connectivity index (χ1) is 10.1. The second kappa shape index (κ2) is 5.46. The molecule has 0 radical (unpaired) electrons. The van der Waals surface area contributed by atoms with Gasteiger partial charge in [-0.05, 0) is 24.3 Å². The summed E-state index contributed by atoms with van der Waals surface area (Å²) in [6.45, 7) is -0.0362. The standard InChI is InChI=1S/C14H10ClFN2O2S/c15-10-4-3-5-11(16)9(10)8-18-12-6-1-2-7-13(12)21(20)17-14(18)19/h1-7H,8H2,(H,17,19). The van der Waals surface area contributed by atoms with Gasteiger partial charge in [-0.15, -0.1) is 0 Å². The van der Waals surface area contributed by atoms with Crippen LogP contribution in [0.3, 0.4) is 0 Å². The fourth-order valence-electron chi connectivity index (χ4n) is 2.13. The molecule has 1 N–H and O–H groups in total. The zero-order valence-electron chi connectivity index (χ0n) is 10.7. The van der Waals surface area contributed by atoms with Crippen LogP contribution >= 0.6 is 11.6 Å². The maximum Gasteiger partial charge on any atom is 0.334 e. The maximum atomic E-state index is 13.9. The van der Waals surface area contributed by atoms with E-state index in [1.165, 1.54) is 17.0 Å². The molecule has 1 aliphatic heterocycles. The highest BCUT2D eigenvalue weighted by molar-refractivity contribution is 7.84. The molecule has 0 spiro atoms. The Balaban J connectivity index is 2.04. The van der Waals surface area contributed by atoms with E-state index in [0.29, 0.717) is 10.6 Å². The molecule has 21 heavy (non-hydrogen) atoms. The van der Waals surface area contributed by atoms with E-state index in [9.17, 15) is 13.4 Å². The van der Waals surface area contributed by atoms with E-state index in [-0.39, 0.29) is 17.1 Å². The van der Waals surface area contributed by atoms with Crippen molar-refractivity contribution in [1.29, 1.82) is 0 Å². The lowest BCUT2D eigenvalue weighted by molar-refractivity contribution is 0.250. The van der Waals surface area contributed by atoms with E-state index in [4.69, 9.17) is 11.6 Å². The van der Waals surface area contributed by atoms with Crippen molar-refractivity contribution in [1.82, 2.24) is 4.72 Å². The average Bonchev–Trinajstić information content (AvgIpc) is 2.46. The largest absolute Gasteiger partial charge is 0.334 e. The third kappa shape index (κ3) is 2.52. The molecule has 2 aromatic carbocycles. The molecule has 1 aliphatic rings. The van der Waals surface area contributed by atoms with Crippen molar-refractivity contribution < 1.29 is 13.4 Å². The molecule has 0 saturated carbocycles. The number of benzene rings is 2. The predicted molar refractivity (Wildman–Crippen MR) is 79.0 cm³/mol. The minimum absolute atomic E-state index is 0.0362. The van der Waals surface area contributed by atoms with E-state index in [1.54, 1.807) is 30.3 Å². The number of amides is 2. The zero-order valence-corrected chi connectivity index (χ0v) is 12.2.